The molecule has 9 nitrogen and oxygen atoms in total. The highest BCUT2D eigenvalue weighted by atomic mass is 32.1. The average molecular weight is 534 g/mol. The lowest BCUT2D eigenvalue weighted by Gasteiger charge is -2.23. The Balaban J connectivity index is 1.43. The Hall–Kier alpha value is -3.92. The zero-order valence-electron chi connectivity index (χ0n) is 21.8. The molecule has 3 heterocycles. The fraction of sp³-hybridized carbons (Fsp3) is 0.357. The van der Waals surface area contributed by atoms with Crippen LogP contribution in [0.25, 0.3) is 10.3 Å². The minimum Gasteiger partial charge on any atom is -0.497 e. The van der Waals surface area contributed by atoms with E-state index in [-0.39, 0.29) is 17.5 Å². The maximum atomic E-state index is 13.6. The van der Waals surface area contributed by atoms with Crippen LogP contribution in [0, 0.1) is 0 Å². The molecular formula is C28H31N5O4S. The first-order valence-corrected chi connectivity index (χ1v) is 13.5. The molecule has 38 heavy (non-hydrogen) atoms. The van der Waals surface area contributed by atoms with Crippen LogP contribution in [0.3, 0.4) is 0 Å². The third-order valence-corrected chi connectivity index (χ3v) is 7.82. The van der Waals surface area contributed by atoms with Gasteiger partial charge in [-0.3, -0.25) is 14.2 Å². The number of nitrogens with one attached hydrogen (secondary N) is 1. The molecule has 0 saturated carbocycles. The van der Waals surface area contributed by atoms with Crippen molar-refractivity contribution in [2.45, 2.75) is 45.3 Å². The van der Waals surface area contributed by atoms with Gasteiger partial charge in [0, 0.05) is 31.1 Å². The van der Waals surface area contributed by atoms with Crippen molar-refractivity contribution in [3.8, 4) is 11.5 Å². The zero-order valence-corrected chi connectivity index (χ0v) is 22.6. The van der Waals surface area contributed by atoms with Crippen molar-refractivity contribution < 1.29 is 14.3 Å². The van der Waals surface area contributed by atoms with Crippen molar-refractivity contribution in [2.75, 3.05) is 25.7 Å². The number of hydrogen-bond donors (Lipinski definition) is 1. The van der Waals surface area contributed by atoms with E-state index < -0.39 is 0 Å². The zero-order chi connectivity index (χ0) is 26.6. The molecule has 1 amide bonds. The molecule has 198 valence electrons. The van der Waals surface area contributed by atoms with Crippen LogP contribution in [0.5, 0.6) is 11.5 Å². The van der Waals surface area contributed by atoms with Crippen LogP contribution in [0.15, 0.2) is 53.3 Å². The third kappa shape index (κ3) is 5.08. The van der Waals surface area contributed by atoms with Gasteiger partial charge >= 0.3 is 0 Å². The van der Waals surface area contributed by atoms with Crippen molar-refractivity contribution in [1.29, 1.82) is 0 Å². The van der Waals surface area contributed by atoms with Gasteiger partial charge in [-0.2, -0.15) is 0 Å². The second kappa shape index (κ2) is 11.2. The molecule has 4 aromatic rings. The van der Waals surface area contributed by atoms with Crippen LogP contribution in [-0.2, 0) is 24.3 Å². The molecule has 0 aliphatic carbocycles. The first-order valence-electron chi connectivity index (χ1n) is 12.7. The highest BCUT2D eigenvalue weighted by molar-refractivity contribution is 7.21. The number of nitrogens with zero attached hydrogens (tertiary/aromatic N) is 4. The highest BCUT2D eigenvalue weighted by Gasteiger charge is 2.33. The molecule has 1 fully saturated rings. The molecule has 1 N–H and O–H groups in total. The van der Waals surface area contributed by atoms with Gasteiger partial charge < -0.3 is 19.7 Å². The lowest BCUT2D eigenvalue weighted by molar-refractivity contribution is -0.122. The molecule has 10 heteroatoms. The van der Waals surface area contributed by atoms with Gasteiger partial charge in [-0.05, 0) is 30.5 Å². The number of ether oxygens (including phenoxy) is 2. The molecular weight excluding hydrogens is 502 g/mol. The smallest absolute Gasteiger partial charge is 0.281 e. The number of anilines is 1. The number of hydrogen-bond acceptors (Lipinski definition) is 8. The van der Waals surface area contributed by atoms with E-state index in [9.17, 15) is 9.59 Å². The topological polar surface area (TPSA) is 98.6 Å². The average Bonchev–Trinajstić information content (AvgIpc) is 3.61. The number of aromatic nitrogens is 3. The van der Waals surface area contributed by atoms with Gasteiger partial charge in [0.05, 0.1) is 20.8 Å². The van der Waals surface area contributed by atoms with E-state index in [1.54, 1.807) is 24.9 Å². The number of thiazole rings is 1. The standard InChI is InChI=1S/C28H31N5O4S/c1-4-23-30-26-24(27(35)33(23)17-19-12-13-20(36-2)15-22(19)37-3)31-28(38-26)32-14-8-11-21(32)25(34)29-16-18-9-6-5-7-10-18/h5-7,9-10,12-13,15,21H,4,8,11,14,16-17H2,1-3H3,(H,29,34). The predicted octanol–water partition coefficient (Wildman–Crippen LogP) is 3.77. The van der Waals surface area contributed by atoms with Gasteiger partial charge in [-0.1, -0.05) is 48.6 Å². The van der Waals surface area contributed by atoms with Gasteiger partial charge in [0.25, 0.3) is 5.56 Å². The number of carbonyl (C=O) groups is 1. The van der Waals surface area contributed by atoms with E-state index in [1.807, 2.05) is 54.3 Å². The van der Waals surface area contributed by atoms with E-state index in [4.69, 9.17) is 19.4 Å². The van der Waals surface area contributed by atoms with Gasteiger partial charge in [0.1, 0.15) is 23.4 Å². The van der Waals surface area contributed by atoms with Crippen LogP contribution in [-0.4, -0.2) is 47.2 Å². The Kier molecular flexibility index (Phi) is 7.59. The molecule has 0 bridgehead atoms. The van der Waals surface area contributed by atoms with Crippen LogP contribution < -0.4 is 25.2 Å². The summed E-state index contributed by atoms with van der Waals surface area (Å²) in [5.41, 5.74) is 2.02. The summed E-state index contributed by atoms with van der Waals surface area (Å²) in [6, 6.07) is 15.1. The molecule has 1 unspecified atom stereocenters. The monoisotopic (exact) mass is 533 g/mol. The predicted molar refractivity (Wildman–Crippen MR) is 148 cm³/mol. The van der Waals surface area contributed by atoms with E-state index in [0.717, 1.165) is 24.0 Å². The first-order chi connectivity index (χ1) is 18.5. The Bertz CT molecular complexity index is 1500. The van der Waals surface area contributed by atoms with E-state index >= 15 is 0 Å². The summed E-state index contributed by atoms with van der Waals surface area (Å²) < 4.78 is 12.5. The van der Waals surface area contributed by atoms with Gasteiger partial charge in [-0.15, -0.1) is 0 Å². The van der Waals surface area contributed by atoms with Gasteiger partial charge in [0.2, 0.25) is 5.91 Å². The summed E-state index contributed by atoms with van der Waals surface area (Å²) >= 11 is 1.37. The first kappa shape index (κ1) is 25.7. The molecule has 0 radical (unpaired) electrons. The third-order valence-electron chi connectivity index (χ3n) is 6.84. The summed E-state index contributed by atoms with van der Waals surface area (Å²) in [5, 5.41) is 3.71. The second-order valence-electron chi connectivity index (χ2n) is 9.16. The van der Waals surface area contributed by atoms with Crippen LogP contribution in [0.2, 0.25) is 0 Å². The molecule has 1 saturated heterocycles. The fourth-order valence-corrected chi connectivity index (χ4v) is 5.84. The van der Waals surface area contributed by atoms with Crippen molar-refractivity contribution in [1.82, 2.24) is 19.9 Å². The van der Waals surface area contributed by atoms with Crippen molar-refractivity contribution in [3.63, 3.8) is 0 Å². The summed E-state index contributed by atoms with van der Waals surface area (Å²) in [5.74, 6) is 1.96. The van der Waals surface area contributed by atoms with Crippen LogP contribution in [0.4, 0.5) is 5.13 Å². The van der Waals surface area contributed by atoms with E-state index in [2.05, 4.69) is 5.32 Å². The molecule has 2 aromatic heterocycles. The van der Waals surface area contributed by atoms with Crippen molar-refractivity contribution in [3.05, 3.63) is 75.8 Å². The summed E-state index contributed by atoms with van der Waals surface area (Å²) in [6.07, 6.45) is 2.21. The highest BCUT2D eigenvalue weighted by Crippen LogP contribution is 2.32. The van der Waals surface area contributed by atoms with E-state index in [0.29, 0.717) is 58.9 Å². The van der Waals surface area contributed by atoms with Crippen LogP contribution >= 0.6 is 11.3 Å². The summed E-state index contributed by atoms with van der Waals surface area (Å²) in [6.45, 7) is 3.47. The summed E-state index contributed by atoms with van der Waals surface area (Å²) in [4.78, 5) is 38.8. The SMILES string of the molecule is CCc1nc2sc(N3CCCC3C(=O)NCc3ccccc3)nc2c(=O)n1Cc1ccc(OC)cc1OC. The van der Waals surface area contributed by atoms with Gasteiger partial charge in [0.15, 0.2) is 15.5 Å². The lowest BCUT2D eigenvalue weighted by Crippen LogP contribution is -2.43. The maximum absolute atomic E-state index is 13.6. The molecule has 1 atom stereocenters. The number of carbonyl (C=O) groups excluding carboxylic acids is 1. The van der Waals surface area contributed by atoms with E-state index in [1.165, 1.54) is 11.3 Å². The molecule has 5 rings (SSSR count). The minimum atomic E-state index is -0.323. The lowest BCUT2D eigenvalue weighted by atomic mass is 10.2. The minimum absolute atomic E-state index is 0.0307. The molecule has 1 aliphatic rings. The van der Waals surface area contributed by atoms with Crippen LogP contribution in [0.1, 0.15) is 36.7 Å². The number of aryl methyl sites for hydroxylation is 1. The normalized spacial score (nSPS) is 15.1. The van der Waals surface area contributed by atoms with Crippen molar-refractivity contribution in [2.24, 2.45) is 0 Å². The number of amides is 1. The number of methoxy groups -OCH3 is 2. The Morgan fingerprint density at radius 3 is 2.68 bits per heavy atom. The Morgan fingerprint density at radius 1 is 1.13 bits per heavy atom. The fourth-order valence-electron chi connectivity index (χ4n) is 4.82. The Morgan fingerprint density at radius 2 is 1.95 bits per heavy atom. The number of rotatable bonds is 9. The molecule has 0 spiro atoms. The Labute approximate surface area is 225 Å². The second-order valence-corrected chi connectivity index (χ2v) is 10.1. The quantitative estimate of drug-likeness (QED) is 0.350. The van der Waals surface area contributed by atoms with Gasteiger partial charge in [-0.25, -0.2) is 9.97 Å². The van der Waals surface area contributed by atoms with Crippen molar-refractivity contribution >= 4 is 32.7 Å². The molecule has 2 aromatic carbocycles. The molecule has 1 aliphatic heterocycles. The largest absolute Gasteiger partial charge is 0.497 e. The number of benzene rings is 2. The maximum Gasteiger partial charge on any atom is 0.281 e. The number of fused-ring (bicyclic) bond motifs is 1. The summed E-state index contributed by atoms with van der Waals surface area (Å²) in [7, 11) is 3.20.